The average Bonchev–Trinajstić information content (AvgIpc) is 2.29. The van der Waals surface area contributed by atoms with Gasteiger partial charge in [0, 0.05) is 0 Å². The fourth-order valence-electron chi connectivity index (χ4n) is 3.00. The molecule has 1 aromatic carbocycles. The lowest BCUT2D eigenvalue weighted by Gasteiger charge is -2.46. The van der Waals surface area contributed by atoms with Gasteiger partial charge in [-0.2, -0.15) is 0 Å². The number of benzene rings is 1. The highest BCUT2D eigenvalue weighted by atomic mass is 16.5. The van der Waals surface area contributed by atoms with Gasteiger partial charge in [-0.15, -0.1) is 0 Å². The maximum atomic E-state index is 11.3. The van der Waals surface area contributed by atoms with Crippen molar-refractivity contribution < 1.29 is 14.6 Å². The van der Waals surface area contributed by atoms with Crippen LogP contribution in [0.1, 0.15) is 27.8 Å². The molecule has 0 aromatic heterocycles. The fraction of sp³-hybridized carbons (Fsp3) is 0.533. The van der Waals surface area contributed by atoms with E-state index in [0.29, 0.717) is 13.2 Å². The molecule has 1 unspecified atom stereocenters. The molecule has 2 rings (SSSR count). The number of carboxylic acid groups (broad SMARTS) is 1. The third-order valence-electron chi connectivity index (χ3n) is 4.44. The minimum atomic E-state index is -0.971. The molecule has 4 nitrogen and oxygen atoms in total. The lowest BCUT2D eigenvalue weighted by molar-refractivity contribution is -0.148. The summed E-state index contributed by atoms with van der Waals surface area (Å²) in [4.78, 5) is 11.3. The Balaban J connectivity index is 2.65. The van der Waals surface area contributed by atoms with Crippen molar-refractivity contribution in [3.8, 4) is 0 Å². The predicted octanol–water partition coefficient (Wildman–Crippen LogP) is 1.60. The van der Waals surface area contributed by atoms with Crippen molar-refractivity contribution in [2.75, 3.05) is 13.2 Å². The molecule has 0 saturated carbocycles. The lowest BCUT2D eigenvalue weighted by atomic mass is 9.68. The van der Waals surface area contributed by atoms with Gasteiger partial charge in [-0.3, -0.25) is 4.79 Å². The smallest absolute Gasteiger partial charge is 0.321 e. The molecule has 4 heteroatoms. The summed E-state index contributed by atoms with van der Waals surface area (Å²) in [6.07, 6.45) is 0. The van der Waals surface area contributed by atoms with Gasteiger partial charge in [0.15, 0.2) is 0 Å². The first-order chi connectivity index (χ1) is 8.81. The zero-order valence-electron chi connectivity index (χ0n) is 11.9. The molecule has 104 valence electrons. The number of ether oxygens (including phenoxy) is 1. The maximum Gasteiger partial charge on any atom is 0.321 e. The summed E-state index contributed by atoms with van der Waals surface area (Å²) in [7, 11) is 0. The lowest BCUT2D eigenvalue weighted by Crippen LogP contribution is -2.62. The van der Waals surface area contributed by atoms with E-state index in [-0.39, 0.29) is 0 Å². The highest BCUT2D eigenvalue weighted by Crippen LogP contribution is 2.40. The molecule has 0 aliphatic carbocycles. The first-order valence-corrected chi connectivity index (χ1v) is 6.45. The van der Waals surface area contributed by atoms with Crippen LogP contribution in [0.15, 0.2) is 6.07 Å². The molecular formula is C15H21NO3. The quantitative estimate of drug-likeness (QED) is 0.869. The maximum absolute atomic E-state index is 11.3. The summed E-state index contributed by atoms with van der Waals surface area (Å²) < 4.78 is 5.31. The Labute approximate surface area is 113 Å². The minimum absolute atomic E-state index is 0.380. The predicted molar refractivity (Wildman–Crippen MR) is 73.5 cm³/mol. The Bertz CT molecular complexity index is 506. The molecule has 1 aliphatic heterocycles. The summed E-state index contributed by atoms with van der Waals surface area (Å²) in [5.74, 6) is -0.971. The largest absolute Gasteiger partial charge is 0.480 e. The highest BCUT2D eigenvalue weighted by molar-refractivity contribution is 5.77. The molecule has 19 heavy (non-hydrogen) atoms. The van der Waals surface area contributed by atoms with Crippen LogP contribution in [-0.4, -0.2) is 30.3 Å². The monoisotopic (exact) mass is 263 g/mol. The van der Waals surface area contributed by atoms with Crippen molar-refractivity contribution in [2.45, 2.75) is 39.2 Å². The Morgan fingerprint density at radius 1 is 1.26 bits per heavy atom. The number of nitrogens with two attached hydrogens (primary N) is 1. The Morgan fingerprint density at radius 3 is 2.05 bits per heavy atom. The topological polar surface area (TPSA) is 72.6 Å². The number of aliphatic carboxylic acids is 1. The molecule has 0 amide bonds. The van der Waals surface area contributed by atoms with E-state index in [1.165, 1.54) is 11.1 Å². The van der Waals surface area contributed by atoms with Gasteiger partial charge >= 0.3 is 5.97 Å². The normalized spacial score (nSPS) is 18.8. The molecular weight excluding hydrogens is 242 g/mol. The summed E-state index contributed by atoms with van der Waals surface area (Å²) >= 11 is 0. The number of hydrogen-bond acceptors (Lipinski definition) is 3. The fourth-order valence-corrected chi connectivity index (χ4v) is 3.00. The van der Waals surface area contributed by atoms with Crippen LogP contribution < -0.4 is 5.73 Å². The zero-order valence-corrected chi connectivity index (χ0v) is 11.9. The van der Waals surface area contributed by atoms with Gasteiger partial charge in [0.25, 0.3) is 0 Å². The van der Waals surface area contributed by atoms with Crippen molar-refractivity contribution >= 4 is 5.97 Å². The number of hydrogen-bond donors (Lipinski definition) is 2. The number of aryl methyl sites for hydroxylation is 2. The molecule has 0 spiro atoms. The molecule has 1 saturated heterocycles. The van der Waals surface area contributed by atoms with E-state index in [1.54, 1.807) is 0 Å². The van der Waals surface area contributed by atoms with E-state index >= 15 is 0 Å². The van der Waals surface area contributed by atoms with Gasteiger partial charge < -0.3 is 15.6 Å². The highest BCUT2D eigenvalue weighted by Gasteiger charge is 2.50. The summed E-state index contributed by atoms with van der Waals surface area (Å²) in [6, 6.07) is 1.20. The third-order valence-corrected chi connectivity index (χ3v) is 4.44. The Hall–Kier alpha value is -1.39. The van der Waals surface area contributed by atoms with Crippen LogP contribution in [0, 0.1) is 27.7 Å². The number of rotatable bonds is 3. The first kappa shape index (κ1) is 14.0. The molecule has 0 bridgehead atoms. The third kappa shape index (κ3) is 1.95. The molecule has 0 radical (unpaired) electrons. The van der Waals surface area contributed by atoms with Crippen LogP contribution in [0.5, 0.6) is 0 Å². The second-order valence-corrected chi connectivity index (χ2v) is 5.60. The SMILES string of the molecule is Cc1cc(C)c(C)c(C2(C(N)C(=O)O)COC2)c1C. The van der Waals surface area contributed by atoms with Crippen molar-refractivity contribution in [1.29, 1.82) is 0 Å². The second-order valence-electron chi connectivity index (χ2n) is 5.60. The molecule has 3 N–H and O–H groups in total. The van der Waals surface area contributed by atoms with E-state index in [4.69, 9.17) is 10.5 Å². The van der Waals surface area contributed by atoms with Crippen molar-refractivity contribution in [1.82, 2.24) is 0 Å². The molecule has 1 fully saturated rings. The van der Waals surface area contributed by atoms with E-state index in [1.807, 2.05) is 27.7 Å². The van der Waals surface area contributed by atoms with Gasteiger partial charge in [-0.25, -0.2) is 0 Å². The van der Waals surface area contributed by atoms with Crippen molar-refractivity contribution in [3.05, 3.63) is 33.9 Å². The van der Waals surface area contributed by atoms with Crippen molar-refractivity contribution in [2.24, 2.45) is 5.73 Å². The Kier molecular flexibility index (Phi) is 3.41. The number of carboxylic acids is 1. The van der Waals surface area contributed by atoms with Gasteiger partial charge in [-0.05, 0) is 55.5 Å². The van der Waals surface area contributed by atoms with Gasteiger partial charge in [0.1, 0.15) is 6.04 Å². The van der Waals surface area contributed by atoms with Crippen LogP contribution in [0.25, 0.3) is 0 Å². The van der Waals surface area contributed by atoms with E-state index in [0.717, 1.165) is 16.7 Å². The van der Waals surface area contributed by atoms with Gasteiger partial charge in [-0.1, -0.05) is 6.07 Å². The number of carbonyl (C=O) groups is 1. The van der Waals surface area contributed by atoms with E-state index < -0.39 is 17.4 Å². The Morgan fingerprint density at radius 2 is 1.74 bits per heavy atom. The van der Waals surface area contributed by atoms with E-state index in [2.05, 4.69) is 6.07 Å². The summed E-state index contributed by atoms with van der Waals surface area (Å²) in [5.41, 5.74) is 11.0. The standard InChI is InChI=1S/C15H21NO3/c1-8-5-9(2)11(4)12(10(8)3)15(6-19-7-15)13(16)14(17)18/h5,13H,6-7,16H2,1-4H3,(H,17,18). The molecule has 1 atom stereocenters. The molecule has 1 aromatic rings. The van der Waals surface area contributed by atoms with Gasteiger partial charge in [0.05, 0.1) is 18.6 Å². The van der Waals surface area contributed by atoms with Crippen LogP contribution in [0.2, 0.25) is 0 Å². The minimum Gasteiger partial charge on any atom is -0.480 e. The van der Waals surface area contributed by atoms with Crippen LogP contribution >= 0.6 is 0 Å². The average molecular weight is 263 g/mol. The van der Waals surface area contributed by atoms with Crippen LogP contribution in [0.4, 0.5) is 0 Å². The summed E-state index contributed by atoms with van der Waals surface area (Å²) in [6.45, 7) is 8.92. The molecule has 1 aliphatic rings. The second kappa shape index (κ2) is 4.62. The first-order valence-electron chi connectivity index (χ1n) is 6.45. The van der Waals surface area contributed by atoms with Crippen LogP contribution in [-0.2, 0) is 14.9 Å². The van der Waals surface area contributed by atoms with Crippen molar-refractivity contribution in [3.63, 3.8) is 0 Å². The zero-order chi connectivity index (χ0) is 14.4. The van der Waals surface area contributed by atoms with Gasteiger partial charge in [0.2, 0.25) is 0 Å². The van der Waals surface area contributed by atoms with Crippen LogP contribution in [0.3, 0.4) is 0 Å². The molecule has 1 heterocycles. The van der Waals surface area contributed by atoms with E-state index in [9.17, 15) is 9.90 Å². The summed E-state index contributed by atoms with van der Waals surface area (Å²) in [5, 5.41) is 9.28.